The Bertz CT molecular complexity index is 960. The first-order valence-corrected chi connectivity index (χ1v) is 9.44. The maximum Gasteiger partial charge on any atom is 0.335 e. The van der Waals surface area contributed by atoms with E-state index in [1.807, 2.05) is 0 Å². The van der Waals surface area contributed by atoms with Gasteiger partial charge in [0.25, 0.3) is 0 Å². The number of hydrogen-bond donors (Lipinski definition) is 2. The van der Waals surface area contributed by atoms with E-state index in [0.29, 0.717) is 31.9 Å². The Morgan fingerprint density at radius 1 is 1.20 bits per heavy atom. The van der Waals surface area contributed by atoms with Gasteiger partial charge in [-0.25, -0.2) is 4.79 Å². The maximum absolute atomic E-state index is 12.9. The van der Waals surface area contributed by atoms with Crippen molar-refractivity contribution in [3.8, 4) is 5.75 Å². The normalized spacial score (nSPS) is 15.0. The molecule has 1 aromatic carbocycles. The number of morpholine rings is 1. The number of carboxylic acid groups (broad SMARTS) is 1. The molecule has 2 N–H and O–H groups in total. The zero-order valence-electron chi connectivity index (χ0n) is 16.5. The monoisotopic (exact) mass is 417 g/mol. The molecule has 9 heteroatoms. The van der Waals surface area contributed by atoms with Crippen molar-refractivity contribution in [2.24, 2.45) is 0 Å². The fraction of sp³-hybridized carbons (Fsp3) is 0.381. The van der Waals surface area contributed by atoms with Crippen LogP contribution in [0.1, 0.15) is 39.8 Å². The molecule has 2 aromatic rings. The number of rotatable bonds is 7. The van der Waals surface area contributed by atoms with E-state index in [1.165, 1.54) is 19.2 Å². The summed E-state index contributed by atoms with van der Waals surface area (Å²) in [4.78, 5) is 37.9. The van der Waals surface area contributed by atoms with Crippen LogP contribution in [0, 0.1) is 0 Å². The Hall–Kier alpha value is -3.17. The molecule has 1 aliphatic heterocycles. The molecule has 1 saturated heterocycles. The van der Waals surface area contributed by atoms with E-state index in [0.717, 1.165) is 6.07 Å². The third-order valence-corrected chi connectivity index (χ3v) is 4.91. The Morgan fingerprint density at radius 3 is 2.47 bits per heavy atom. The molecular weight excluding hydrogens is 394 g/mol. The minimum atomic E-state index is -1.08. The van der Waals surface area contributed by atoms with Crippen molar-refractivity contribution in [2.75, 3.05) is 33.4 Å². The summed E-state index contributed by atoms with van der Waals surface area (Å²) in [5.74, 6) is -2.49. The lowest BCUT2D eigenvalue weighted by atomic mass is 9.91. The average Bonchev–Trinajstić information content (AvgIpc) is 2.75. The van der Waals surface area contributed by atoms with Gasteiger partial charge in [0.1, 0.15) is 12.4 Å². The predicted molar refractivity (Wildman–Crippen MR) is 105 cm³/mol. The van der Waals surface area contributed by atoms with E-state index in [1.54, 1.807) is 17.0 Å². The lowest BCUT2D eigenvalue weighted by molar-refractivity contribution is -0.135. The smallest absolute Gasteiger partial charge is 0.335 e. The Morgan fingerprint density at radius 2 is 1.87 bits per heavy atom. The van der Waals surface area contributed by atoms with E-state index < -0.39 is 23.1 Å². The van der Waals surface area contributed by atoms with Crippen LogP contribution in [0.2, 0.25) is 0 Å². The third-order valence-electron chi connectivity index (χ3n) is 4.91. The molecule has 0 bridgehead atoms. The molecule has 0 aliphatic carbocycles. The van der Waals surface area contributed by atoms with Crippen molar-refractivity contribution in [1.82, 2.24) is 4.90 Å². The number of carboxylic acids is 1. The second-order valence-electron chi connectivity index (χ2n) is 6.90. The van der Waals surface area contributed by atoms with Gasteiger partial charge >= 0.3 is 5.97 Å². The zero-order valence-corrected chi connectivity index (χ0v) is 16.5. The molecule has 1 unspecified atom stereocenters. The van der Waals surface area contributed by atoms with Crippen LogP contribution in [0.4, 0.5) is 0 Å². The molecule has 1 aliphatic rings. The highest BCUT2D eigenvalue weighted by Gasteiger charge is 2.29. The lowest BCUT2D eigenvalue weighted by Gasteiger charge is -2.28. The van der Waals surface area contributed by atoms with Crippen molar-refractivity contribution in [3.63, 3.8) is 0 Å². The Balaban J connectivity index is 2.01. The number of aromatic hydroxyl groups is 1. The van der Waals surface area contributed by atoms with Crippen molar-refractivity contribution in [2.45, 2.75) is 18.9 Å². The van der Waals surface area contributed by atoms with Gasteiger partial charge in [-0.15, -0.1) is 0 Å². The Labute approximate surface area is 172 Å². The van der Waals surface area contributed by atoms with Crippen LogP contribution < -0.4 is 5.43 Å². The number of benzene rings is 1. The number of hydrogen-bond acceptors (Lipinski definition) is 7. The molecule has 1 fully saturated rings. The quantitative estimate of drug-likeness (QED) is 0.695. The van der Waals surface area contributed by atoms with Crippen LogP contribution in [0.5, 0.6) is 5.75 Å². The van der Waals surface area contributed by atoms with Gasteiger partial charge in [0.15, 0.2) is 5.76 Å². The third kappa shape index (κ3) is 4.87. The number of aromatic carboxylic acids is 1. The first-order chi connectivity index (χ1) is 14.4. The molecule has 2 heterocycles. The molecule has 0 radical (unpaired) electrons. The maximum atomic E-state index is 12.9. The average molecular weight is 417 g/mol. The van der Waals surface area contributed by atoms with Crippen molar-refractivity contribution in [1.29, 1.82) is 0 Å². The number of nitrogens with zero attached hydrogens (tertiary/aromatic N) is 1. The van der Waals surface area contributed by atoms with Gasteiger partial charge in [-0.2, -0.15) is 0 Å². The summed E-state index contributed by atoms with van der Waals surface area (Å²) < 4.78 is 16.0. The number of methoxy groups -OCH3 is 1. The highest BCUT2D eigenvalue weighted by Crippen LogP contribution is 2.34. The van der Waals surface area contributed by atoms with Crippen LogP contribution >= 0.6 is 0 Å². The summed E-state index contributed by atoms with van der Waals surface area (Å²) in [6.45, 7) is 1.79. The van der Waals surface area contributed by atoms with Gasteiger partial charge < -0.3 is 29.0 Å². The first-order valence-electron chi connectivity index (χ1n) is 9.44. The van der Waals surface area contributed by atoms with Crippen LogP contribution in [-0.4, -0.2) is 60.4 Å². The summed E-state index contributed by atoms with van der Waals surface area (Å²) in [5.41, 5.74) is -0.0280. The molecular formula is C21H23NO8. The molecule has 3 rings (SSSR count). The largest absolute Gasteiger partial charge is 0.502 e. The van der Waals surface area contributed by atoms with Crippen molar-refractivity contribution in [3.05, 3.63) is 63.2 Å². The zero-order chi connectivity index (χ0) is 21.7. The molecule has 9 nitrogen and oxygen atoms in total. The first kappa shape index (κ1) is 21.5. The molecule has 160 valence electrons. The topological polar surface area (TPSA) is 127 Å². The Kier molecular flexibility index (Phi) is 6.86. The predicted octanol–water partition coefficient (Wildman–Crippen LogP) is 1.57. The van der Waals surface area contributed by atoms with Gasteiger partial charge in [0.05, 0.1) is 24.7 Å². The summed E-state index contributed by atoms with van der Waals surface area (Å²) in [6, 6.07) is 7.03. The summed E-state index contributed by atoms with van der Waals surface area (Å²) in [7, 11) is 1.44. The SMILES string of the molecule is COCc1cc(=O)c(O)c(C(CC(=O)N2CCOCC2)c2ccc(C(=O)O)cc2)o1. The van der Waals surface area contributed by atoms with Gasteiger partial charge in [0.2, 0.25) is 17.1 Å². The van der Waals surface area contributed by atoms with Gasteiger partial charge in [-0.1, -0.05) is 12.1 Å². The van der Waals surface area contributed by atoms with Crippen LogP contribution in [-0.2, 0) is 20.9 Å². The minimum Gasteiger partial charge on any atom is -0.502 e. The number of carbonyl (C=O) groups excluding carboxylic acids is 1. The summed E-state index contributed by atoms with van der Waals surface area (Å²) in [6.07, 6.45) is -0.0701. The lowest BCUT2D eigenvalue weighted by Crippen LogP contribution is -2.41. The summed E-state index contributed by atoms with van der Waals surface area (Å²) >= 11 is 0. The second kappa shape index (κ2) is 9.55. The van der Waals surface area contributed by atoms with Gasteiger partial charge in [-0.3, -0.25) is 9.59 Å². The molecule has 0 spiro atoms. The highest BCUT2D eigenvalue weighted by molar-refractivity contribution is 5.87. The minimum absolute atomic E-state index is 0.0185. The van der Waals surface area contributed by atoms with E-state index in [2.05, 4.69) is 0 Å². The van der Waals surface area contributed by atoms with E-state index in [4.69, 9.17) is 19.0 Å². The molecule has 1 amide bonds. The molecule has 0 saturated carbocycles. The highest BCUT2D eigenvalue weighted by atomic mass is 16.5. The standard InChI is InChI=1S/C21H23NO8/c1-28-12-15-10-17(23)19(25)20(30-15)16(11-18(24)22-6-8-29-9-7-22)13-2-4-14(5-3-13)21(26)27/h2-5,10,16,25H,6-9,11-12H2,1H3,(H,26,27). The second-order valence-corrected chi connectivity index (χ2v) is 6.90. The van der Waals surface area contributed by atoms with Gasteiger partial charge in [0, 0.05) is 32.7 Å². The van der Waals surface area contributed by atoms with E-state index >= 15 is 0 Å². The van der Waals surface area contributed by atoms with Crippen molar-refractivity contribution >= 4 is 11.9 Å². The molecule has 1 aromatic heterocycles. The fourth-order valence-electron chi connectivity index (χ4n) is 3.34. The van der Waals surface area contributed by atoms with Crippen LogP contribution in [0.3, 0.4) is 0 Å². The van der Waals surface area contributed by atoms with Crippen LogP contribution in [0.15, 0.2) is 39.5 Å². The fourth-order valence-corrected chi connectivity index (χ4v) is 3.34. The molecule has 30 heavy (non-hydrogen) atoms. The van der Waals surface area contributed by atoms with E-state index in [-0.39, 0.29) is 36.0 Å². The molecule has 1 atom stereocenters. The van der Waals surface area contributed by atoms with E-state index in [9.17, 15) is 19.5 Å². The van der Waals surface area contributed by atoms with Gasteiger partial charge in [-0.05, 0) is 17.7 Å². The number of carbonyl (C=O) groups is 2. The number of ether oxygens (including phenoxy) is 2. The number of amides is 1. The van der Waals surface area contributed by atoms with Crippen molar-refractivity contribution < 1.29 is 33.7 Å². The summed E-state index contributed by atoms with van der Waals surface area (Å²) in [5, 5.41) is 19.5. The van der Waals surface area contributed by atoms with Crippen LogP contribution in [0.25, 0.3) is 0 Å².